The average molecular weight is 201 g/mol. The molecule has 0 saturated heterocycles. The van der Waals surface area contributed by atoms with Gasteiger partial charge < -0.3 is 0 Å². The third-order valence-electron chi connectivity index (χ3n) is 1.30. The van der Waals surface area contributed by atoms with Crippen LogP contribution in [0.25, 0.3) is 0 Å². The van der Waals surface area contributed by atoms with Gasteiger partial charge in [0.15, 0.2) is 0 Å². The van der Waals surface area contributed by atoms with Gasteiger partial charge in [0.05, 0.1) is 16.2 Å². The van der Waals surface area contributed by atoms with Crippen LogP contribution in [-0.4, -0.2) is 9.97 Å². The Bertz CT molecular complexity index is 223. The summed E-state index contributed by atoms with van der Waals surface area (Å²) < 4.78 is 0. The van der Waals surface area contributed by atoms with Crippen LogP contribution in [0.3, 0.4) is 0 Å². The lowest BCUT2D eigenvalue weighted by atomic mass is 10.3. The Morgan fingerprint density at radius 1 is 1.40 bits per heavy atom. The highest BCUT2D eigenvalue weighted by Crippen LogP contribution is 2.20. The van der Waals surface area contributed by atoms with Gasteiger partial charge in [-0.3, -0.25) is 9.97 Å². The molecule has 0 N–H and O–H groups in total. The lowest BCUT2D eigenvalue weighted by molar-refractivity contribution is 0.950. The Kier molecular flexibility index (Phi) is 2.38. The van der Waals surface area contributed by atoms with Crippen LogP contribution in [0.4, 0.5) is 0 Å². The fraction of sp³-hybridized carbons (Fsp3) is 0.429. The van der Waals surface area contributed by atoms with Gasteiger partial charge in [-0.1, -0.05) is 15.9 Å². The molecule has 0 radical (unpaired) electrons. The van der Waals surface area contributed by atoms with Gasteiger partial charge in [-0.25, -0.2) is 0 Å². The van der Waals surface area contributed by atoms with Crippen LogP contribution in [-0.2, 0) is 0 Å². The van der Waals surface area contributed by atoms with Crippen LogP contribution in [0, 0.1) is 6.92 Å². The molecule has 0 aromatic carbocycles. The first-order valence-corrected chi connectivity index (χ1v) is 4.05. The Balaban J connectivity index is 3.03. The molecule has 54 valence electrons. The van der Waals surface area contributed by atoms with Crippen molar-refractivity contribution in [3.8, 4) is 0 Å². The topological polar surface area (TPSA) is 25.8 Å². The molecule has 1 atom stereocenters. The normalized spacial score (nSPS) is 13.1. The Labute approximate surface area is 68.8 Å². The summed E-state index contributed by atoms with van der Waals surface area (Å²) in [5.74, 6) is 0. The predicted molar refractivity (Wildman–Crippen MR) is 44.1 cm³/mol. The smallest absolute Gasteiger partial charge is 0.0749 e. The zero-order valence-corrected chi connectivity index (χ0v) is 7.59. The van der Waals surface area contributed by atoms with Gasteiger partial charge in [-0.05, 0) is 13.8 Å². The maximum absolute atomic E-state index is 4.17. The standard InChI is InChI=1S/C7H9BrN2/c1-5(8)7-6(2)9-3-4-10-7/h3-5H,1-2H3. The Morgan fingerprint density at radius 3 is 2.40 bits per heavy atom. The molecular formula is C7H9BrN2. The zero-order valence-electron chi connectivity index (χ0n) is 6.00. The van der Waals surface area contributed by atoms with Crippen molar-refractivity contribution in [2.24, 2.45) is 0 Å². The second-order valence-electron chi connectivity index (χ2n) is 2.14. The molecule has 0 bridgehead atoms. The second-order valence-corrected chi connectivity index (χ2v) is 3.52. The summed E-state index contributed by atoms with van der Waals surface area (Å²) in [5, 5.41) is 0. The fourth-order valence-electron chi connectivity index (χ4n) is 0.809. The first-order valence-electron chi connectivity index (χ1n) is 3.13. The monoisotopic (exact) mass is 200 g/mol. The predicted octanol–water partition coefficient (Wildman–Crippen LogP) is 2.24. The number of halogens is 1. The molecule has 0 aliphatic carbocycles. The molecule has 0 spiro atoms. The second kappa shape index (κ2) is 3.10. The van der Waals surface area contributed by atoms with Crippen molar-refractivity contribution in [2.75, 3.05) is 0 Å². The molecule has 0 amide bonds. The van der Waals surface area contributed by atoms with Crippen LogP contribution in [0.2, 0.25) is 0 Å². The van der Waals surface area contributed by atoms with Gasteiger partial charge in [0.2, 0.25) is 0 Å². The van der Waals surface area contributed by atoms with Crippen LogP contribution in [0.5, 0.6) is 0 Å². The summed E-state index contributed by atoms with van der Waals surface area (Å²) in [7, 11) is 0. The highest BCUT2D eigenvalue weighted by Gasteiger charge is 2.04. The molecule has 2 nitrogen and oxygen atoms in total. The molecule has 1 unspecified atom stereocenters. The number of hydrogen-bond acceptors (Lipinski definition) is 2. The summed E-state index contributed by atoms with van der Waals surface area (Å²) in [5.41, 5.74) is 2.01. The van der Waals surface area contributed by atoms with Crippen LogP contribution in [0.1, 0.15) is 23.1 Å². The van der Waals surface area contributed by atoms with Crippen LogP contribution in [0.15, 0.2) is 12.4 Å². The molecular weight excluding hydrogens is 192 g/mol. The van der Waals surface area contributed by atoms with Crippen molar-refractivity contribution in [3.05, 3.63) is 23.8 Å². The molecule has 1 aromatic heterocycles. The third-order valence-corrected chi connectivity index (χ3v) is 1.73. The van der Waals surface area contributed by atoms with Gasteiger partial charge in [0.1, 0.15) is 0 Å². The first kappa shape index (κ1) is 7.66. The van der Waals surface area contributed by atoms with E-state index < -0.39 is 0 Å². The van der Waals surface area contributed by atoms with Crippen molar-refractivity contribution < 1.29 is 0 Å². The zero-order chi connectivity index (χ0) is 7.56. The number of nitrogens with zero attached hydrogens (tertiary/aromatic N) is 2. The minimum absolute atomic E-state index is 0.293. The van der Waals surface area contributed by atoms with Crippen molar-refractivity contribution in [3.63, 3.8) is 0 Å². The van der Waals surface area contributed by atoms with Gasteiger partial charge in [0, 0.05) is 12.4 Å². The average Bonchev–Trinajstić information content (AvgIpc) is 1.88. The van der Waals surface area contributed by atoms with Gasteiger partial charge in [-0.15, -0.1) is 0 Å². The maximum Gasteiger partial charge on any atom is 0.0749 e. The highest BCUT2D eigenvalue weighted by atomic mass is 79.9. The molecule has 1 heterocycles. The van der Waals surface area contributed by atoms with Gasteiger partial charge in [0.25, 0.3) is 0 Å². The lowest BCUT2D eigenvalue weighted by Crippen LogP contribution is -1.95. The van der Waals surface area contributed by atoms with Gasteiger partial charge in [-0.2, -0.15) is 0 Å². The number of aromatic nitrogens is 2. The summed E-state index contributed by atoms with van der Waals surface area (Å²) in [4.78, 5) is 8.57. The Morgan fingerprint density at radius 2 is 2.00 bits per heavy atom. The summed E-state index contributed by atoms with van der Waals surface area (Å²) >= 11 is 3.43. The third kappa shape index (κ3) is 1.53. The summed E-state index contributed by atoms with van der Waals surface area (Å²) in [6.45, 7) is 4.00. The fourth-order valence-corrected chi connectivity index (χ4v) is 1.26. The number of aryl methyl sites for hydroxylation is 1. The molecule has 3 heteroatoms. The van der Waals surface area contributed by atoms with E-state index in [4.69, 9.17) is 0 Å². The SMILES string of the molecule is Cc1nccnc1C(C)Br. The quantitative estimate of drug-likeness (QED) is 0.651. The van der Waals surface area contributed by atoms with E-state index in [0.717, 1.165) is 11.4 Å². The minimum atomic E-state index is 0.293. The maximum atomic E-state index is 4.17. The van der Waals surface area contributed by atoms with E-state index in [1.807, 2.05) is 13.8 Å². The number of hydrogen-bond donors (Lipinski definition) is 0. The van der Waals surface area contributed by atoms with Crippen molar-refractivity contribution in [1.29, 1.82) is 0 Å². The van der Waals surface area contributed by atoms with E-state index in [1.54, 1.807) is 12.4 Å². The number of rotatable bonds is 1. The molecule has 0 fully saturated rings. The van der Waals surface area contributed by atoms with Crippen molar-refractivity contribution >= 4 is 15.9 Å². The van der Waals surface area contributed by atoms with E-state index in [2.05, 4.69) is 25.9 Å². The molecule has 1 aromatic rings. The van der Waals surface area contributed by atoms with E-state index >= 15 is 0 Å². The molecule has 0 aliphatic heterocycles. The highest BCUT2D eigenvalue weighted by molar-refractivity contribution is 9.09. The Hall–Kier alpha value is -0.440. The number of alkyl halides is 1. The van der Waals surface area contributed by atoms with Crippen LogP contribution >= 0.6 is 15.9 Å². The van der Waals surface area contributed by atoms with E-state index in [1.165, 1.54) is 0 Å². The van der Waals surface area contributed by atoms with E-state index in [-0.39, 0.29) is 0 Å². The first-order chi connectivity index (χ1) is 4.72. The molecule has 1 rings (SSSR count). The largest absolute Gasteiger partial charge is 0.258 e. The van der Waals surface area contributed by atoms with Crippen molar-refractivity contribution in [1.82, 2.24) is 9.97 Å². The van der Waals surface area contributed by atoms with E-state index in [0.29, 0.717) is 4.83 Å². The molecule has 0 aliphatic rings. The summed E-state index contributed by atoms with van der Waals surface area (Å²) in [6.07, 6.45) is 3.41. The van der Waals surface area contributed by atoms with Gasteiger partial charge >= 0.3 is 0 Å². The summed E-state index contributed by atoms with van der Waals surface area (Å²) in [6, 6.07) is 0. The van der Waals surface area contributed by atoms with Crippen molar-refractivity contribution in [2.45, 2.75) is 18.7 Å². The molecule has 10 heavy (non-hydrogen) atoms. The lowest BCUT2D eigenvalue weighted by Gasteiger charge is -2.03. The van der Waals surface area contributed by atoms with Crippen LogP contribution < -0.4 is 0 Å². The minimum Gasteiger partial charge on any atom is -0.258 e. The van der Waals surface area contributed by atoms with E-state index in [9.17, 15) is 0 Å². The molecule has 0 saturated carbocycles.